The van der Waals surface area contributed by atoms with Crippen LogP contribution < -0.4 is 16.0 Å². The Morgan fingerprint density at radius 3 is 2.06 bits per heavy atom. The number of hydrogen-bond donors (Lipinski definition) is 3. The lowest BCUT2D eigenvalue weighted by Gasteiger charge is -2.30. The first-order chi connectivity index (χ1) is 16.3. The fourth-order valence-corrected chi connectivity index (χ4v) is 4.14. The van der Waals surface area contributed by atoms with Gasteiger partial charge in [-0.05, 0) is 49.9 Å². The Bertz CT molecular complexity index is 1150. The third-order valence-corrected chi connectivity index (χ3v) is 5.84. The lowest BCUT2D eigenvalue weighted by molar-refractivity contribution is -0.150. The second-order valence-corrected chi connectivity index (χ2v) is 8.30. The van der Waals surface area contributed by atoms with Crippen molar-refractivity contribution in [2.24, 2.45) is 0 Å². The van der Waals surface area contributed by atoms with Gasteiger partial charge in [0, 0.05) is 17.8 Å². The second-order valence-electron chi connectivity index (χ2n) is 8.30. The van der Waals surface area contributed by atoms with E-state index in [0.717, 1.165) is 0 Å². The van der Waals surface area contributed by atoms with Crippen LogP contribution in [0.25, 0.3) is 0 Å². The minimum absolute atomic E-state index is 0.101. The summed E-state index contributed by atoms with van der Waals surface area (Å²) in [5.41, 5.74) is -3.27. The van der Waals surface area contributed by atoms with Crippen molar-refractivity contribution < 1.29 is 40.7 Å². The number of fused-ring (bicyclic) bond motifs is 1. The molecule has 1 aliphatic heterocycles. The highest BCUT2D eigenvalue weighted by atomic mass is 19.4. The van der Waals surface area contributed by atoms with Gasteiger partial charge in [-0.2, -0.15) is 26.3 Å². The van der Waals surface area contributed by atoms with Crippen LogP contribution in [0.4, 0.5) is 37.7 Å². The van der Waals surface area contributed by atoms with Crippen LogP contribution in [0.3, 0.4) is 0 Å². The summed E-state index contributed by atoms with van der Waals surface area (Å²) in [7, 11) is 0. The maximum Gasteiger partial charge on any atom is 0.433 e. The Balaban J connectivity index is 1.39. The van der Waals surface area contributed by atoms with Crippen molar-refractivity contribution in [3.05, 3.63) is 52.8 Å². The Morgan fingerprint density at radius 1 is 0.914 bits per heavy atom. The molecule has 0 bridgehead atoms. The standard InChI is InChI=1S/C22H18F6N4O3/c23-21(24,25)15-8-12(9-16(31-15)22(26,27)28)29-10-4-6-11(7-5-10)30-19(34)14-3-1-2-13-17(14)32-20(35)18(13)33/h1-3,8-11H,4-7H2,(H,29,31)(H,30,34)(H,32,33,35). The molecular formula is C22H18F6N4O3. The van der Waals surface area contributed by atoms with Crippen molar-refractivity contribution in [3.63, 3.8) is 0 Å². The molecule has 1 aromatic carbocycles. The molecule has 35 heavy (non-hydrogen) atoms. The molecule has 0 radical (unpaired) electrons. The lowest BCUT2D eigenvalue weighted by atomic mass is 9.90. The first kappa shape index (κ1) is 24.5. The van der Waals surface area contributed by atoms with Crippen molar-refractivity contribution in [1.29, 1.82) is 0 Å². The maximum atomic E-state index is 13.0. The second kappa shape index (κ2) is 8.86. The topological polar surface area (TPSA) is 100 Å². The number of Topliss-reactive ketones (excluding diaryl/α,β-unsaturated/α-hetero) is 1. The normalized spacial score (nSPS) is 20.3. The number of pyridine rings is 1. The van der Waals surface area contributed by atoms with E-state index in [-0.39, 0.29) is 28.5 Å². The third-order valence-electron chi connectivity index (χ3n) is 5.84. The minimum atomic E-state index is -5.04. The van der Waals surface area contributed by atoms with Gasteiger partial charge in [0.1, 0.15) is 11.4 Å². The highest BCUT2D eigenvalue weighted by Gasteiger charge is 2.39. The van der Waals surface area contributed by atoms with E-state index < -0.39 is 47.4 Å². The molecule has 1 aliphatic carbocycles. The van der Waals surface area contributed by atoms with Crippen molar-refractivity contribution in [1.82, 2.24) is 10.3 Å². The zero-order valence-electron chi connectivity index (χ0n) is 17.8. The number of nitrogens with one attached hydrogen (secondary N) is 3. The molecule has 2 amide bonds. The number of benzene rings is 1. The molecule has 2 aliphatic rings. The minimum Gasteiger partial charge on any atom is -0.382 e. The van der Waals surface area contributed by atoms with Crippen LogP contribution in [0, 0.1) is 0 Å². The van der Waals surface area contributed by atoms with Crippen LogP contribution in [-0.4, -0.2) is 34.7 Å². The van der Waals surface area contributed by atoms with Gasteiger partial charge in [0.05, 0.1) is 16.8 Å². The molecule has 0 atom stereocenters. The highest BCUT2D eigenvalue weighted by molar-refractivity contribution is 6.52. The van der Waals surface area contributed by atoms with Gasteiger partial charge in [0.15, 0.2) is 0 Å². The van der Waals surface area contributed by atoms with E-state index >= 15 is 0 Å². The number of halogens is 6. The number of carbonyl (C=O) groups excluding carboxylic acids is 3. The Hall–Kier alpha value is -3.64. The van der Waals surface area contributed by atoms with Gasteiger partial charge in [0.25, 0.3) is 17.6 Å². The van der Waals surface area contributed by atoms with Gasteiger partial charge < -0.3 is 16.0 Å². The van der Waals surface area contributed by atoms with E-state index in [2.05, 4.69) is 20.9 Å². The van der Waals surface area contributed by atoms with Crippen LogP contribution in [0.5, 0.6) is 0 Å². The fraction of sp³-hybridized carbons (Fsp3) is 0.364. The third kappa shape index (κ3) is 5.23. The molecule has 2 aromatic rings. The van der Waals surface area contributed by atoms with Gasteiger partial charge in [-0.25, -0.2) is 4.98 Å². The predicted molar refractivity (Wildman–Crippen MR) is 111 cm³/mol. The van der Waals surface area contributed by atoms with E-state index in [1.165, 1.54) is 18.2 Å². The van der Waals surface area contributed by atoms with E-state index in [9.17, 15) is 40.7 Å². The number of hydrogen-bond acceptors (Lipinski definition) is 5. The molecule has 4 rings (SSSR count). The number of para-hydroxylation sites is 1. The Morgan fingerprint density at radius 2 is 1.49 bits per heavy atom. The summed E-state index contributed by atoms with van der Waals surface area (Å²) in [5, 5.41) is 7.89. The summed E-state index contributed by atoms with van der Waals surface area (Å²) in [6.45, 7) is 0. The molecule has 186 valence electrons. The molecular weight excluding hydrogens is 482 g/mol. The van der Waals surface area contributed by atoms with E-state index in [1.807, 2.05) is 0 Å². The number of amides is 2. The molecule has 0 spiro atoms. The van der Waals surface area contributed by atoms with Gasteiger partial charge in [-0.15, -0.1) is 0 Å². The van der Waals surface area contributed by atoms with Crippen LogP contribution >= 0.6 is 0 Å². The van der Waals surface area contributed by atoms with Gasteiger partial charge in [-0.1, -0.05) is 6.07 Å². The van der Waals surface area contributed by atoms with Crippen molar-refractivity contribution in [3.8, 4) is 0 Å². The van der Waals surface area contributed by atoms with Crippen LogP contribution in [0.2, 0.25) is 0 Å². The van der Waals surface area contributed by atoms with Crippen LogP contribution in [-0.2, 0) is 17.1 Å². The summed E-state index contributed by atoms with van der Waals surface area (Å²) in [6.07, 6.45) is -8.51. The number of rotatable bonds is 4. The maximum absolute atomic E-state index is 13.0. The summed E-state index contributed by atoms with van der Waals surface area (Å²) >= 11 is 0. The van der Waals surface area contributed by atoms with Crippen molar-refractivity contribution >= 4 is 29.0 Å². The monoisotopic (exact) mass is 500 g/mol. The molecule has 0 unspecified atom stereocenters. The lowest BCUT2D eigenvalue weighted by Crippen LogP contribution is -2.40. The van der Waals surface area contributed by atoms with E-state index in [4.69, 9.17) is 0 Å². The Kier molecular flexibility index (Phi) is 6.20. The molecule has 7 nitrogen and oxygen atoms in total. The SMILES string of the molecule is O=C1Nc2c(C(=O)NC3CCC(Nc4cc(C(F)(F)F)nc(C(F)(F)F)c4)CC3)cccc2C1=O. The number of alkyl halides is 6. The molecule has 1 saturated carbocycles. The highest BCUT2D eigenvalue weighted by Crippen LogP contribution is 2.36. The summed E-state index contributed by atoms with van der Waals surface area (Å²) in [4.78, 5) is 38.8. The van der Waals surface area contributed by atoms with E-state index in [1.54, 1.807) is 0 Å². The molecule has 1 aromatic heterocycles. The molecule has 0 saturated heterocycles. The average molecular weight is 500 g/mol. The number of nitrogens with zero attached hydrogens (tertiary/aromatic N) is 1. The fourth-order valence-electron chi connectivity index (χ4n) is 4.14. The zero-order chi connectivity index (χ0) is 25.5. The van der Waals surface area contributed by atoms with Crippen LogP contribution in [0.15, 0.2) is 30.3 Å². The van der Waals surface area contributed by atoms with Crippen molar-refractivity contribution in [2.45, 2.75) is 50.1 Å². The first-order valence-corrected chi connectivity index (χ1v) is 10.6. The van der Waals surface area contributed by atoms with Gasteiger partial charge >= 0.3 is 12.4 Å². The molecule has 13 heteroatoms. The Labute approximate surface area is 194 Å². The molecule has 1 fully saturated rings. The van der Waals surface area contributed by atoms with Crippen molar-refractivity contribution in [2.75, 3.05) is 10.6 Å². The predicted octanol–water partition coefficient (Wildman–Crippen LogP) is 4.41. The quantitative estimate of drug-likeness (QED) is 0.427. The number of aromatic nitrogens is 1. The number of anilines is 2. The summed E-state index contributed by atoms with van der Waals surface area (Å²) < 4.78 is 78.1. The average Bonchev–Trinajstić information content (AvgIpc) is 3.07. The van der Waals surface area contributed by atoms with Gasteiger partial charge in [-0.3, -0.25) is 14.4 Å². The summed E-state index contributed by atoms with van der Waals surface area (Å²) in [5.74, 6) is -2.07. The molecule has 2 heterocycles. The van der Waals surface area contributed by atoms with Crippen LogP contribution in [0.1, 0.15) is 57.8 Å². The van der Waals surface area contributed by atoms with E-state index in [0.29, 0.717) is 37.8 Å². The number of carbonyl (C=O) groups is 3. The first-order valence-electron chi connectivity index (χ1n) is 10.6. The molecule has 3 N–H and O–H groups in total. The largest absolute Gasteiger partial charge is 0.433 e. The van der Waals surface area contributed by atoms with Gasteiger partial charge in [0.2, 0.25) is 0 Å². The number of ketones is 1. The zero-order valence-corrected chi connectivity index (χ0v) is 17.8. The smallest absolute Gasteiger partial charge is 0.382 e. The summed E-state index contributed by atoms with van der Waals surface area (Å²) in [6, 6.07) is 4.72.